The van der Waals surface area contributed by atoms with Gasteiger partial charge in [-0.1, -0.05) is 0 Å². The normalized spacial score (nSPS) is 27.7. The second kappa shape index (κ2) is 3.43. The topological polar surface area (TPSA) is 62.5 Å². The van der Waals surface area contributed by atoms with Crippen molar-refractivity contribution in [1.29, 1.82) is 0 Å². The molecular formula is C8H9NO3S. The maximum absolute atomic E-state index is 10.6. The van der Waals surface area contributed by atoms with Gasteiger partial charge in [-0.15, -0.1) is 11.8 Å². The highest BCUT2D eigenvalue weighted by Crippen LogP contribution is 2.32. The molecule has 1 unspecified atom stereocenters. The molecule has 13 heavy (non-hydrogen) atoms. The van der Waals surface area contributed by atoms with Crippen LogP contribution >= 0.6 is 11.8 Å². The Morgan fingerprint density at radius 2 is 2.62 bits per heavy atom. The van der Waals surface area contributed by atoms with Crippen molar-refractivity contribution in [2.75, 3.05) is 5.75 Å². The number of thioether (sulfide) groups is 1. The SMILES string of the molecule is O=C(O)[C@@H]1CSC(c2ccco2)N1. The Morgan fingerprint density at radius 3 is 3.15 bits per heavy atom. The van der Waals surface area contributed by atoms with E-state index < -0.39 is 12.0 Å². The van der Waals surface area contributed by atoms with E-state index in [4.69, 9.17) is 9.52 Å². The summed E-state index contributed by atoms with van der Waals surface area (Å²) in [6.45, 7) is 0. The number of nitrogens with one attached hydrogen (secondary N) is 1. The molecule has 1 aromatic rings. The predicted molar refractivity (Wildman–Crippen MR) is 48.5 cm³/mol. The van der Waals surface area contributed by atoms with Gasteiger partial charge >= 0.3 is 5.97 Å². The number of hydrogen-bond acceptors (Lipinski definition) is 4. The summed E-state index contributed by atoms with van der Waals surface area (Å²) >= 11 is 1.55. The summed E-state index contributed by atoms with van der Waals surface area (Å²) in [5, 5.41) is 11.7. The zero-order valence-electron chi connectivity index (χ0n) is 6.77. The maximum atomic E-state index is 10.6. The number of carboxylic acids is 1. The summed E-state index contributed by atoms with van der Waals surface area (Å²) in [6.07, 6.45) is 1.59. The summed E-state index contributed by atoms with van der Waals surface area (Å²) in [7, 11) is 0. The predicted octanol–water partition coefficient (Wildman–Crippen LogP) is 1.07. The lowest BCUT2D eigenvalue weighted by Gasteiger charge is -2.06. The summed E-state index contributed by atoms with van der Waals surface area (Å²) in [4.78, 5) is 10.6. The van der Waals surface area contributed by atoms with Crippen molar-refractivity contribution >= 4 is 17.7 Å². The Labute approximate surface area is 79.3 Å². The third kappa shape index (κ3) is 1.71. The lowest BCUT2D eigenvalue weighted by Crippen LogP contribution is -2.33. The molecule has 0 amide bonds. The molecule has 2 heterocycles. The van der Waals surface area contributed by atoms with E-state index in [9.17, 15) is 4.79 Å². The number of rotatable bonds is 2. The van der Waals surface area contributed by atoms with Crippen LogP contribution in [0.3, 0.4) is 0 Å². The first-order chi connectivity index (χ1) is 6.27. The Hall–Kier alpha value is -0.940. The van der Waals surface area contributed by atoms with Crippen molar-refractivity contribution in [3.8, 4) is 0 Å². The molecule has 0 saturated carbocycles. The highest BCUT2D eigenvalue weighted by Gasteiger charge is 2.31. The summed E-state index contributed by atoms with van der Waals surface area (Å²) in [5.41, 5.74) is 0. The smallest absolute Gasteiger partial charge is 0.321 e. The molecule has 0 bridgehead atoms. The average molecular weight is 199 g/mol. The van der Waals surface area contributed by atoms with Crippen LogP contribution in [0.15, 0.2) is 22.8 Å². The molecule has 1 saturated heterocycles. The van der Waals surface area contributed by atoms with Crippen molar-refractivity contribution in [1.82, 2.24) is 5.32 Å². The minimum atomic E-state index is -0.804. The highest BCUT2D eigenvalue weighted by molar-refractivity contribution is 7.99. The number of carboxylic acid groups (broad SMARTS) is 1. The number of carbonyl (C=O) groups is 1. The molecule has 2 atom stereocenters. The molecular weight excluding hydrogens is 190 g/mol. The summed E-state index contributed by atoms with van der Waals surface area (Å²) in [5.74, 6) is 0.566. The molecule has 0 aromatic carbocycles. The van der Waals surface area contributed by atoms with Gasteiger partial charge in [0.2, 0.25) is 0 Å². The fourth-order valence-corrected chi connectivity index (χ4v) is 2.40. The van der Waals surface area contributed by atoms with Crippen LogP contribution in [0.25, 0.3) is 0 Å². The number of hydrogen-bond donors (Lipinski definition) is 2. The third-order valence-corrected chi connectivity index (χ3v) is 3.11. The molecule has 2 rings (SSSR count). The first kappa shape index (κ1) is 8.65. The quantitative estimate of drug-likeness (QED) is 0.746. The highest BCUT2D eigenvalue weighted by atomic mass is 32.2. The lowest BCUT2D eigenvalue weighted by atomic mass is 10.3. The van der Waals surface area contributed by atoms with E-state index in [0.29, 0.717) is 5.75 Å². The molecule has 1 aromatic heterocycles. The molecule has 1 fully saturated rings. The van der Waals surface area contributed by atoms with Gasteiger partial charge in [0.05, 0.1) is 6.26 Å². The van der Waals surface area contributed by atoms with Crippen molar-refractivity contribution in [3.63, 3.8) is 0 Å². The molecule has 4 nitrogen and oxygen atoms in total. The van der Waals surface area contributed by atoms with Crippen LogP contribution < -0.4 is 5.32 Å². The first-order valence-corrected chi connectivity index (χ1v) is 4.96. The van der Waals surface area contributed by atoms with Crippen molar-refractivity contribution in [3.05, 3.63) is 24.2 Å². The minimum Gasteiger partial charge on any atom is -0.480 e. The van der Waals surface area contributed by atoms with Crippen LogP contribution in [0.5, 0.6) is 0 Å². The van der Waals surface area contributed by atoms with Gasteiger partial charge in [-0.05, 0) is 12.1 Å². The van der Waals surface area contributed by atoms with Gasteiger partial charge in [-0.25, -0.2) is 0 Å². The van der Waals surface area contributed by atoms with E-state index in [1.54, 1.807) is 24.1 Å². The van der Waals surface area contributed by atoms with Gasteiger partial charge in [0, 0.05) is 5.75 Å². The van der Waals surface area contributed by atoms with Gasteiger partial charge < -0.3 is 9.52 Å². The molecule has 0 aliphatic carbocycles. The zero-order valence-corrected chi connectivity index (χ0v) is 7.58. The van der Waals surface area contributed by atoms with Crippen LogP contribution in [0.4, 0.5) is 0 Å². The van der Waals surface area contributed by atoms with Gasteiger partial charge in [0.15, 0.2) is 0 Å². The van der Waals surface area contributed by atoms with Crippen molar-refractivity contribution < 1.29 is 14.3 Å². The lowest BCUT2D eigenvalue weighted by molar-refractivity contribution is -0.138. The molecule has 0 radical (unpaired) electrons. The van der Waals surface area contributed by atoms with E-state index in [1.165, 1.54) is 0 Å². The second-order valence-electron chi connectivity index (χ2n) is 2.79. The number of furan rings is 1. The molecule has 70 valence electrons. The van der Waals surface area contributed by atoms with Crippen LogP contribution in [0, 0.1) is 0 Å². The summed E-state index contributed by atoms with van der Waals surface area (Å²) in [6, 6.07) is 3.18. The van der Waals surface area contributed by atoms with Crippen LogP contribution in [-0.4, -0.2) is 22.9 Å². The van der Waals surface area contributed by atoms with Gasteiger partial charge in [0.1, 0.15) is 17.2 Å². The van der Waals surface area contributed by atoms with Crippen molar-refractivity contribution in [2.45, 2.75) is 11.4 Å². The molecule has 2 N–H and O–H groups in total. The minimum absolute atomic E-state index is 0.0175. The molecule has 1 aliphatic heterocycles. The monoisotopic (exact) mass is 199 g/mol. The average Bonchev–Trinajstić information content (AvgIpc) is 2.75. The molecule has 1 aliphatic rings. The summed E-state index contributed by atoms with van der Waals surface area (Å²) < 4.78 is 5.17. The Morgan fingerprint density at radius 1 is 1.77 bits per heavy atom. The van der Waals surface area contributed by atoms with E-state index in [1.807, 2.05) is 6.07 Å². The molecule has 5 heteroatoms. The first-order valence-electron chi connectivity index (χ1n) is 3.91. The van der Waals surface area contributed by atoms with Crippen LogP contribution in [0.1, 0.15) is 11.1 Å². The van der Waals surface area contributed by atoms with E-state index in [-0.39, 0.29) is 5.37 Å². The standard InChI is InChI=1S/C8H9NO3S/c10-8(11)5-4-13-7(9-5)6-2-1-3-12-6/h1-3,5,7,9H,4H2,(H,10,11)/t5-,7?/m0/s1. The Kier molecular flexibility index (Phi) is 2.28. The van der Waals surface area contributed by atoms with E-state index >= 15 is 0 Å². The van der Waals surface area contributed by atoms with Crippen molar-refractivity contribution in [2.24, 2.45) is 0 Å². The molecule has 0 spiro atoms. The van der Waals surface area contributed by atoms with Crippen LogP contribution in [-0.2, 0) is 4.79 Å². The zero-order chi connectivity index (χ0) is 9.26. The third-order valence-electron chi connectivity index (χ3n) is 1.88. The Balaban J connectivity index is 2.03. The number of aliphatic carboxylic acids is 1. The fourth-order valence-electron chi connectivity index (χ4n) is 1.22. The van der Waals surface area contributed by atoms with Gasteiger partial charge in [0.25, 0.3) is 0 Å². The van der Waals surface area contributed by atoms with E-state index in [0.717, 1.165) is 5.76 Å². The second-order valence-corrected chi connectivity index (χ2v) is 3.92. The van der Waals surface area contributed by atoms with Gasteiger partial charge in [-0.3, -0.25) is 10.1 Å². The maximum Gasteiger partial charge on any atom is 0.321 e. The fraction of sp³-hybridized carbons (Fsp3) is 0.375. The van der Waals surface area contributed by atoms with Gasteiger partial charge in [-0.2, -0.15) is 0 Å². The van der Waals surface area contributed by atoms with E-state index in [2.05, 4.69) is 5.32 Å². The largest absolute Gasteiger partial charge is 0.480 e. The Bertz CT molecular complexity index is 298. The van der Waals surface area contributed by atoms with Crippen LogP contribution in [0.2, 0.25) is 0 Å².